The second-order valence-corrected chi connectivity index (χ2v) is 10.9. The van der Waals surface area contributed by atoms with E-state index >= 15 is 0 Å². The Bertz CT molecular complexity index is 1240. The fraction of sp³-hybridized carbons (Fsp3) is 0.455. The van der Waals surface area contributed by atoms with Gasteiger partial charge in [0.1, 0.15) is 12.2 Å². The molecule has 2 heterocycles. The molecule has 3 N–H and O–H groups in total. The first-order chi connectivity index (χ1) is 16.4. The minimum atomic E-state index is -3.68. The van der Waals surface area contributed by atoms with Crippen LogP contribution >= 0.6 is 7.60 Å². The van der Waals surface area contributed by atoms with Crippen LogP contribution in [0.25, 0.3) is 11.2 Å². The number of carbonyl (C=O) groups is 1. The number of nitrogen functional groups attached to an aromatic ring is 1. The van der Waals surface area contributed by atoms with Crippen LogP contribution in [0.4, 0.5) is 10.6 Å². The molecular weight excluding hydrogens is 475 g/mol. The van der Waals surface area contributed by atoms with Gasteiger partial charge in [0.05, 0.1) is 25.6 Å². The maximum absolute atomic E-state index is 12.1. The molecule has 0 aliphatic carbocycles. The summed E-state index contributed by atoms with van der Waals surface area (Å²) in [5.74, 6) is 0.166. The Morgan fingerprint density at radius 2 is 1.97 bits per heavy atom. The molecule has 0 fully saturated rings. The van der Waals surface area contributed by atoms with Crippen LogP contribution in [0.3, 0.4) is 0 Å². The van der Waals surface area contributed by atoms with Gasteiger partial charge in [0.15, 0.2) is 17.0 Å². The van der Waals surface area contributed by atoms with Crippen molar-refractivity contribution in [1.29, 1.82) is 0 Å². The van der Waals surface area contributed by atoms with E-state index in [9.17, 15) is 14.3 Å². The molecule has 1 unspecified atom stereocenters. The standard InChI is InChI=1S/C22H31N6O6P/c1-22(2,3)34-21(29)27(4)9-10-33-20-25-18(23)17-19(26-20)28(14-24-17)12-15-7-6-8-16(11-15)13-35(30,31)32-5/h6-8,11,14H,9-10,12-13H2,1-5H3,(H,30,31)(H2,23,25,26). The minimum absolute atomic E-state index is 0.0596. The van der Waals surface area contributed by atoms with Crippen LogP contribution in [-0.2, 0) is 26.5 Å². The number of benzene rings is 1. The number of fused-ring (bicyclic) bond motifs is 1. The predicted molar refractivity (Wildman–Crippen MR) is 130 cm³/mol. The van der Waals surface area contributed by atoms with E-state index in [1.165, 1.54) is 12.0 Å². The van der Waals surface area contributed by atoms with Crippen LogP contribution in [0.1, 0.15) is 31.9 Å². The van der Waals surface area contributed by atoms with Crippen molar-refractivity contribution in [2.45, 2.75) is 39.1 Å². The third-order valence-electron chi connectivity index (χ3n) is 4.85. The van der Waals surface area contributed by atoms with Gasteiger partial charge in [-0.3, -0.25) is 4.57 Å². The fourth-order valence-electron chi connectivity index (χ4n) is 3.15. The fourth-order valence-corrected chi connectivity index (χ4v) is 3.94. The molecule has 1 aromatic carbocycles. The molecule has 0 saturated carbocycles. The highest BCUT2D eigenvalue weighted by Gasteiger charge is 2.20. The molecule has 2 aromatic heterocycles. The van der Waals surface area contributed by atoms with Crippen molar-refractivity contribution >= 4 is 30.7 Å². The number of nitrogens with two attached hydrogens (primary N) is 1. The summed E-state index contributed by atoms with van der Waals surface area (Å²) in [7, 11) is -0.856. The summed E-state index contributed by atoms with van der Waals surface area (Å²) >= 11 is 0. The van der Waals surface area contributed by atoms with E-state index < -0.39 is 19.3 Å². The number of imidazole rings is 1. The highest BCUT2D eigenvalue weighted by atomic mass is 31.2. The largest absolute Gasteiger partial charge is 0.461 e. The summed E-state index contributed by atoms with van der Waals surface area (Å²) in [5.41, 5.74) is 7.92. The SMILES string of the molecule is COP(=O)(O)Cc1cccc(Cn2cnc3c(N)nc(OCCN(C)C(=O)OC(C)(C)C)nc32)c1. The Balaban J connectivity index is 1.71. The van der Waals surface area contributed by atoms with Gasteiger partial charge in [-0.1, -0.05) is 24.3 Å². The van der Waals surface area contributed by atoms with Crippen molar-refractivity contribution < 1.29 is 28.3 Å². The van der Waals surface area contributed by atoms with Crippen LogP contribution in [0.2, 0.25) is 0 Å². The molecule has 0 aliphatic rings. The molecule has 1 amide bonds. The van der Waals surface area contributed by atoms with Crippen molar-refractivity contribution in [3.8, 4) is 6.01 Å². The van der Waals surface area contributed by atoms with E-state index in [0.717, 1.165) is 5.56 Å². The van der Waals surface area contributed by atoms with Crippen LogP contribution < -0.4 is 10.5 Å². The lowest BCUT2D eigenvalue weighted by atomic mass is 10.1. The highest BCUT2D eigenvalue weighted by Crippen LogP contribution is 2.44. The number of likely N-dealkylation sites (N-methyl/N-ethyl adjacent to an activating group) is 1. The second-order valence-electron chi connectivity index (χ2n) is 8.98. The molecule has 1 atom stereocenters. The summed E-state index contributed by atoms with van der Waals surface area (Å²) in [6.45, 7) is 6.18. The van der Waals surface area contributed by atoms with E-state index in [1.54, 1.807) is 50.8 Å². The number of ether oxygens (including phenoxy) is 2. The molecule has 0 aliphatic heterocycles. The average Bonchev–Trinajstić information content (AvgIpc) is 3.15. The summed E-state index contributed by atoms with van der Waals surface area (Å²) in [4.78, 5) is 36.1. The molecule has 35 heavy (non-hydrogen) atoms. The summed E-state index contributed by atoms with van der Waals surface area (Å²) in [6, 6.07) is 7.33. The van der Waals surface area contributed by atoms with Gasteiger partial charge in [-0.15, -0.1) is 0 Å². The Kier molecular flexibility index (Phi) is 7.99. The van der Waals surface area contributed by atoms with E-state index in [1.807, 2.05) is 12.1 Å². The molecule has 0 radical (unpaired) electrons. The molecule has 3 rings (SSSR count). The zero-order valence-electron chi connectivity index (χ0n) is 20.5. The first-order valence-electron chi connectivity index (χ1n) is 10.9. The lowest BCUT2D eigenvalue weighted by Gasteiger charge is -2.24. The van der Waals surface area contributed by atoms with E-state index in [0.29, 0.717) is 23.3 Å². The average molecular weight is 507 g/mol. The van der Waals surface area contributed by atoms with Gasteiger partial charge >= 0.3 is 19.7 Å². The number of nitrogens with zero attached hydrogens (tertiary/aromatic N) is 5. The van der Waals surface area contributed by atoms with Gasteiger partial charge < -0.3 is 34.1 Å². The molecular formula is C22H31N6O6P. The van der Waals surface area contributed by atoms with Crippen LogP contribution in [0.5, 0.6) is 6.01 Å². The van der Waals surface area contributed by atoms with Gasteiger partial charge in [0.25, 0.3) is 0 Å². The zero-order chi connectivity index (χ0) is 25.8. The first-order valence-corrected chi connectivity index (χ1v) is 12.6. The molecule has 0 saturated heterocycles. The number of anilines is 1. The number of carbonyl (C=O) groups excluding carboxylic acids is 1. The summed E-state index contributed by atoms with van der Waals surface area (Å²) < 4.78 is 29.3. The lowest BCUT2D eigenvalue weighted by molar-refractivity contribution is 0.0276. The minimum Gasteiger partial charge on any atom is -0.461 e. The molecule has 12 nitrogen and oxygen atoms in total. The molecule has 0 bridgehead atoms. The molecule has 190 valence electrons. The third kappa shape index (κ3) is 7.38. The Morgan fingerprint density at radius 1 is 1.26 bits per heavy atom. The predicted octanol–water partition coefficient (Wildman–Crippen LogP) is 3.03. The summed E-state index contributed by atoms with van der Waals surface area (Å²) in [6.07, 6.45) is 1.04. The Labute approximate surface area is 203 Å². The molecule has 0 spiro atoms. The summed E-state index contributed by atoms with van der Waals surface area (Å²) in [5, 5.41) is 0. The number of amides is 1. The number of hydrogen-bond acceptors (Lipinski definition) is 9. The van der Waals surface area contributed by atoms with Crippen molar-refractivity contribution in [1.82, 2.24) is 24.4 Å². The van der Waals surface area contributed by atoms with Gasteiger partial charge in [0.2, 0.25) is 0 Å². The number of rotatable bonds is 9. The maximum atomic E-state index is 12.1. The van der Waals surface area contributed by atoms with E-state index in [4.69, 9.17) is 15.2 Å². The third-order valence-corrected chi connectivity index (χ3v) is 6.18. The van der Waals surface area contributed by atoms with Gasteiger partial charge in [-0.05, 0) is 31.9 Å². The van der Waals surface area contributed by atoms with Crippen molar-refractivity contribution in [2.24, 2.45) is 0 Å². The van der Waals surface area contributed by atoms with Crippen LogP contribution in [-0.4, -0.2) is 68.3 Å². The smallest absolute Gasteiger partial charge is 0.410 e. The molecule has 13 heteroatoms. The van der Waals surface area contributed by atoms with Gasteiger partial charge in [-0.25, -0.2) is 9.78 Å². The Hall–Kier alpha value is -3.21. The van der Waals surface area contributed by atoms with Crippen molar-refractivity contribution in [3.05, 3.63) is 41.7 Å². The monoisotopic (exact) mass is 506 g/mol. The second kappa shape index (κ2) is 10.6. The maximum Gasteiger partial charge on any atom is 0.410 e. The first kappa shape index (κ1) is 26.4. The topological polar surface area (TPSA) is 155 Å². The normalized spacial score (nSPS) is 13.4. The van der Waals surface area contributed by atoms with Gasteiger partial charge in [-0.2, -0.15) is 9.97 Å². The number of hydrogen-bond donors (Lipinski definition) is 2. The van der Waals surface area contributed by atoms with E-state index in [-0.39, 0.29) is 31.1 Å². The van der Waals surface area contributed by atoms with Crippen molar-refractivity contribution in [2.75, 3.05) is 33.0 Å². The quantitative estimate of drug-likeness (QED) is 0.414. The molecule has 3 aromatic rings. The van der Waals surface area contributed by atoms with Crippen LogP contribution in [0.15, 0.2) is 30.6 Å². The zero-order valence-corrected chi connectivity index (χ0v) is 21.4. The number of aromatic nitrogens is 4. The van der Waals surface area contributed by atoms with E-state index in [2.05, 4.69) is 19.5 Å². The lowest BCUT2D eigenvalue weighted by Crippen LogP contribution is -2.36. The van der Waals surface area contributed by atoms with Crippen LogP contribution in [0, 0.1) is 0 Å². The van der Waals surface area contributed by atoms with Crippen molar-refractivity contribution in [3.63, 3.8) is 0 Å². The van der Waals surface area contributed by atoms with Gasteiger partial charge in [0, 0.05) is 14.2 Å². The highest BCUT2D eigenvalue weighted by molar-refractivity contribution is 7.51. The Morgan fingerprint density at radius 3 is 2.66 bits per heavy atom.